The third kappa shape index (κ3) is 2.19. The van der Waals surface area contributed by atoms with E-state index in [0.717, 1.165) is 24.9 Å². The normalized spacial score (nSPS) is 28.6. The zero-order chi connectivity index (χ0) is 12.5. The van der Waals surface area contributed by atoms with Gasteiger partial charge in [-0.1, -0.05) is 38.1 Å². The van der Waals surface area contributed by atoms with Gasteiger partial charge in [-0.2, -0.15) is 0 Å². The fraction of sp³-hybridized carbons (Fsp3) is 0.625. The summed E-state index contributed by atoms with van der Waals surface area (Å²) in [6.45, 7) is 9.42. The largest absolute Gasteiger partial charge is 0.311 e. The number of benzene rings is 1. The van der Waals surface area contributed by atoms with Crippen LogP contribution in [0.25, 0.3) is 0 Å². The molecule has 2 aliphatic rings. The van der Waals surface area contributed by atoms with Gasteiger partial charge in [-0.3, -0.25) is 4.90 Å². The highest BCUT2D eigenvalue weighted by molar-refractivity contribution is 5.32. The molecule has 0 saturated carbocycles. The van der Waals surface area contributed by atoms with Crippen molar-refractivity contribution < 1.29 is 0 Å². The van der Waals surface area contributed by atoms with Gasteiger partial charge in [-0.05, 0) is 35.9 Å². The summed E-state index contributed by atoms with van der Waals surface area (Å²) in [4.78, 5) is 2.69. The molecule has 3 rings (SSSR count). The first kappa shape index (κ1) is 12.2. The molecule has 0 spiro atoms. The first-order valence-corrected chi connectivity index (χ1v) is 7.28. The molecule has 0 aliphatic carbocycles. The lowest BCUT2D eigenvalue weighted by Crippen LogP contribution is -2.38. The van der Waals surface area contributed by atoms with Crippen LogP contribution in [0.5, 0.6) is 0 Å². The second-order valence-corrected chi connectivity index (χ2v) is 6.13. The number of hydrogen-bond donors (Lipinski definition) is 1. The van der Waals surface area contributed by atoms with Crippen LogP contribution in [0, 0.1) is 11.8 Å². The van der Waals surface area contributed by atoms with E-state index in [1.54, 1.807) is 5.56 Å². The number of fused-ring (bicyclic) bond motifs is 1. The lowest BCUT2D eigenvalue weighted by Gasteiger charge is -2.34. The fourth-order valence-electron chi connectivity index (χ4n) is 3.44. The van der Waals surface area contributed by atoms with E-state index in [1.165, 1.54) is 25.1 Å². The lowest BCUT2D eigenvalue weighted by atomic mass is 9.94. The lowest BCUT2D eigenvalue weighted by molar-refractivity contribution is 0.213. The van der Waals surface area contributed by atoms with Gasteiger partial charge >= 0.3 is 0 Å². The van der Waals surface area contributed by atoms with Crippen molar-refractivity contribution in [2.45, 2.75) is 32.9 Å². The average Bonchev–Trinajstić information content (AvgIpc) is 2.87. The van der Waals surface area contributed by atoms with Crippen molar-refractivity contribution in [1.82, 2.24) is 10.2 Å². The minimum atomic E-state index is 0.596. The van der Waals surface area contributed by atoms with Gasteiger partial charge in [0.25, 0.3) is 0 Å². The summed E-state index contributed by atoms with van der Waals surface area (Å²) in [5.41, 5.74) is 3.04. The number of rotatable bonds is 2. The van der Waals surface area contributed by atoms with Gasteiger partial charge < -0.3 is 5.32 Å². The van der Waals surface area contributed by atoms with Crippen LogP contribution in [0.1, 0.15) is 37.4 Å². The molecule has 1 saturated heterocycles. The Morgan fingerprint density at radius 1 is 1.28 bits per heavy atom. The number of likely N-dealkylation sites (tertiary alicyclic amines) is 1. The monoisotopic (exact) mass is 244 g/mol. The molecule has 2 unspecified atom stereocenters. The van der Waals surface area contributed by atoms with E-state index in [1.807, 2.05) is 0 Å². The van der Waals surface area contributed by atoms with Crippen molar-refractivity contribution in [2.24, 2.45) is 11.8 Å². The summed E-state index contributed by atoms with van der Waals surface area (Å²) < 4.78 is 0. The molecule has 2 atom stereocenters. The van der Waals surface area contributed by atoms with Gasteiger partial charge in [-0.15, -0.1) is 0 Å². The van der Waals surface area contributed by atoms with Gasteiger partial charge in [-0.25, -0.2) is 0 Å². The number of nitrogens with one attached hydrogen (secondary N) is 1. The Kier molecular flexibility index (Phi) is 3.40. The van der Waals surface area contributed by atoms with Gasteiger partial charge in [0, 0.05) is 25.7 Å². The first-order chi connectivity index (χ1) is 8.75. The Morgan fingerprint density at radius 3 is 2.89 bits per heavy atom. The van der Waals surface area contributed by atoms with E-state index in [2.05, 4.69) is 48.3 Å². The Hall–Kier alpha value is -0.860. The third-order valence-corrected chi connectivity index (χ3v) is 4.71. The molecule has 2 heteroatoms. The second kappa shape index (κ2) is 5.02. The van der Waals surface area contributed by atoms with Crippen molar-refractivity contribution >= 4 is 0 Å². The maximum absolute atomic E-state index is 3.57. The van der Waals surface area contributed by atoms with E-state index in [9.17, 15) is 0 Å². The van der Waals surface area contributed by atoms with E-state index >= 15 is 0 Å². The SMILES string of the molecule is CC(C)C1CCN(C2CNCc3ccccc32)C1. The summed E-state index contributed by atoms with van der Waals surface area (Å²) in [6.07, 6.45) is 1.37. The molecule has 1 aromatic carbocycles. The van der Waals surface area contributed by atoms with Crippen LogP contribution in [0.2, 0.25) is 0 Å². The number of hydrogen-bond acceptors (Lipinski definition) is 2. The zero-order valence-corrected chi connectivity index (χ0v) is 11.5. The second-order valence-electron chi connectivity index (χ2n) is 6.13. The van der Waals surface area contributed by atoms with Crippen LogP contribution in [0.3, 0.4) is 0 Å². The van der Waals surface area contributed by atoms with Crippen LogP contribution in [0.15, 0.2) is 24.3 Å². The van der Waals surface area contributed by atoms with Crippen LogP contribution >= 0.6 is 0 Å². The Bertz CT molecular complexity index is 413. The van der Waals surface area contributed by atoms with Crippen LogP contribution in [0.4, 0.5) is 0 Å². The first-order valence-electron chi connectivity index (χ1n) is 7.28. The maximum atomic E-state index is 3.57. The number of nitrogens with zero attached hydrogens (tertiary/aromatic N) is 1. The predicted octanol–water partition coefficient (Wildman–Crippen LogP) is 2.81. The minimum Gasteiger partial charge on any atom is -0.311 e. The highest BCUT2D eigenvalue weighted by Gasteiger charge is 2.32. The summed E-state index contributed by atoms with van der Waals surface area (Å²) in [5.74, 6) is 1.71. The van der Waals surface area contributed by atoms with Crippen LogP contribution in [-0.2, 0) is 6.54 Å². The molecule has 0 radical (unpaired) electrons. The molecule has 18 heavy (non-hydrogen) atoms. The van der Waals surface area contributed by atoms with E-state index in [0.29, 0.717) is 6.04 Å². The summed E-state index contributed by atoms with van der Waals surface area (Å²) in [6, 6.07) is 9.53. The Morgan fingerprint density at radius 2 is 2.11 bits per heavy atom. The molecular formula is C16H24N2. The van der Waals surface area contributed by atoms with Crippen molar-refractivity contribution in [3.63, 3.8) is 0 Å². The van der Waals surface area contributed by atoms with E-state index < -0.39 is 0 Å². The zero-order valence-electron chi connectivity index (χ0n) is 11.5. The van der Waals surface area contributed by atoms with Gasteiger partial charge in [0.15, 0.2) is 0 Å². The molecule has 0 bridgehead atoms. The highest BCUT2D eigenvalue weighted by Crippen LogP contribution is 2.33. The van der Waals surface area contributed by atoms with Crippen LogP contribution in [-0.4, -0.2) is 24.5 Å². The molecule has 1 aromatic rings. The molecule has 1 fully saturated rings. The highest BCUT2D eigenvalue weighted by atomic mass is 15.2. The topological polar surface area (TPSA) is 15.3 Å². The fourth-order valence-corrected chi connectivity index (χ4v) is 3.44. The van der Waals surface area contributed by atoms with Gasteiger partial charge in [0.05, 0.1) is 0 Å². The van der Waals surface area contributed by atoms with Gasteiger partial charge in [0.1, 0.15) is 0 Å². The maximum Gasteiger partial charge on any atom is 0.0476 e. The molecule has 98 valence electrons. The Balaban J connectivity index is 1.79. The van der Waals surface area contributed by atoms with Gasteiger partial charge in [0.2, 0.25) is 0 Å². The predicted molar refractivity (Wildman–Crippen MR) is 75.4 cm³/mol. The molecule has 2 nitrogen and oxygen atoms in total. The molecule has 2 heterocycles. The molecule has 0 aromatic heterocycles. The summed E-state index contributed by atoms with van der Waals surface area (Å²) in [5, 5.41) is 3.57. The van der Waals surface area contributed by atoms with Crippen molar-refractivity contribution in [2.75, 3.05) is 19.6 Å². The standard InChI is InChI=1S/C16H24N2/c1-12(2)14-7-8-18(11-14)16-10-17-9-13-5-3-4-6-15(13)16/h3-6,12,14,16-17H,7-11H2,1-2H3. The summed E-state index contributed by atoms with van der Waals surface area (Å²) >= 11 is 0. The molecule has 1 N–H and O–H groups in total. The third-order valence-electron chi connectivity index (χ3n) is 4.71. The molecule has 2 aliphatic heterocycles. The van der Waals surface area contributed by atoms with Crippen molar-refractivity contribution in [1.29, 1.82) is 0 Å². The molecule has 0 amide bonds. The quantitative estimate of drug-likeness (QED) is 0.860. The Labute approximate surface area is 110 Å². The van der Waals surface area contributed by atoms with E-state index in [-0.39, 0.29) is 0 Å². The molecular weight excluding hydrogens is 220 g/mol. The average molecular weight is 244 g/mol. The van der Waals surface area contributed by atoms with Crippen molar-refractivity contribution in [3.05, 3.63) is 35.4 Å². The smallest absolute Gasteiger partial charge is 0.0476 e. The van der Waals surface area contributed by atoms with E-state index in [4.69, 9.17) is 0 Å². The summed E-state index contributed by atoms with van der Waals surface area (Å²) in [7, 11) is 0. The van der Waals surface area contributed by atoms with Crippen LogP contribution < -0.4 is 5.32 Å². The van der Waals surface area contributed by atoms with Crippen molar-refractivity contribution in [3.8, 4) is 0 Å². The minimum absolute atomic E-state index is 0.596.